The normalized spacial score (nSPS) is 27.3. The van der Waals surface area contributed by atoms with Gasteiger partial charge in [-0.15, -0.1) is 0 Å². The third-order valence-electron chi connectivity index (χ3n) is 8.49. The molecule has 0 radical (unpaired) electrons. The molecule has 4 atom stereocenters. The molecule has 1 N–H and O–H groups in total. The predicted octanol–water partition coefficient (Wildman–Crippen LogP) is 4.80. The summed E-state index contributed by atoms with van der Waals surface area (Å²) in [7, 11) is 0. The second-order valence-electron chi connectivity index (χ2n) is 10.6. The van der Waals surface area contributed by atoms with Crippen LogP contribution in [0.1, 0.15) is 62.0 Å². The lowest BCUT2D eigenvalue weighted by molar-refractivity contribution is -0.125. The number of carbonyl (C=O) groups is 1. The Morgan fingerprint density at radius 2 is 1.77 bits per heavy atom. The fourth-order valence-corrected chi connectivity index (χ4v) is 6.76. The molecule has 2 bridgehead atoms. The molecule has 6 heteroatoms. The van der Waals surface area contributed by atoms with Gasteiger partial charge >= 0.3 is 0 Å². The molecule has 4 heterocycles. The molecule has 6 rings (SSSR count). The molecule has 6 nitrogen and oxygen atoms in total. The second kappa shape index (κ2) is 9.75. The number of amides is 1. The van der Waals surface area contributed by atoms with Crippen molar-refractivity contribution in [1.29, 1.82) is 0 Å². The van der Waals surface area contributed by atoms with Crippen molar-refractivity contribution in [3.05, 3.63) is 66.0 Å². The number of nitrogens with one attached hydrogen (secondary N) is 1. The van der Waals surface area contributed by atoms with Gasteiger partial charge in [-0.25, -0.2) is 4.98 Å². The van der Waals surface area contributed by atoms with Crippen molar-refractivity contribution in [2.24, 2.45) is 5.92 Å². The summed E-state index contributed by atoms with van der Waals surface area (Å²) in [6.45, 7) is 4.41. The van der Waals surface area contributed by atoms with Crippen molar-refractivity contribution in [3.63, 3.8) is 0 Å². The van der Waals surface area contributed by atoms with Gasteiger partial charge in [0.1, 0.15) is 5.82 Å². The molecule has 3 aliphatic heterocycles. The molecule has 1 aromatic heterocycles. The molecule has 3 aromatic rings. The van der Waals surface area contributed by atoms with Crippen molar-refractivity contribution in [3.8, 4) is 0 Å². The first kappa shape index (κ1) is 22.7. The summed E-state index contributed by atoms with van der Waals surface area (Å²) in [4.78, 5) is 20.5. The topological polar surface area (TPSA) is 59.4 Å². The highest BCUT2D eigenvalue weighted by molar-refractivity contribution is 5.79. The number of benzene rings is 2. The molecule has 2 aromatic carbocycles. The summed E-state index contributed by atoms with van der Waals surface area (Å²) in [5.74, 6) is 1.26. The second-order valence-corrected chi connectivity index (χ2v) is 10.6. The van der Waals surface area contributed by atoms with Gasteiger partial charge in [-0.3, -0.25) is 9.69 Å². The molecular weight excluding hydrogens is 436 g/mol. The summed E-state index contributed by atoms with van der Waals surface area (Å²) < 4.78 is 7.95. The van der Waals surface area contributed by atoms with E-state index in [1.807, 2.05) is 6.07 Å². The Hall–Kier alpha value is -2.70. The maximum Gasteiger partial charge on any atom is 0.226 e. The molecule has 3 aliphatic rings. The Morgan fingerprint density at radius 1 is 1.03 bits per heavy atom. The first-order valence-corrected chi connectivity index (χ1v) is 13.3. The fraction of sp³-hybridized carbons (Fsp3) is 0.517. The number of nitrogens with zero attached hydrogens (tertiary/aromatic N) is 3. The van der Waals surface area contributed by atoms with E-state index in [0.717, 1.165) is 30.7 Å². The van der Waals surface area contributed by atoms with E-state index in [-0.39, 0.29) is 17.9 Å². The lowest BCUT2D eigenvalue weighted by atomic mass is 9.95. The van der Waals surface area contributed by atoms with Gasteiger partial charge in [0, 0.05) is 31.3 Å². The van der Waals surface area contributed by atoms with Crippen molar-refractivity contribution in [1.82, 2.24) is 19.8 Å². The highest BCUT2D eigenvalue weighted by atomic mass is 16.5. The number of hydrogen-bond donors (Lipinski definition) is 1. The SMILES string of the molecule is Cc1nc2ccccc2n1C1CC2CCC(C1)N2CC[C@@H](NC(=O)C1CCOC1)c1ccccc1. The number of carbonyl (C=O) groups excluding carboxylic acids is 1. The standard InChI is InChI=1S/C29H36N4O2/c1-20-30-27-9-5-6-10-28(27)33(20)25-17-23-11-12-24(18-25)32(23)15-13-26(21-7-3-2-4-8-21)31-29(34)22-14-16-35-19-22/h2-10,22-26H,11-19H2,1H3,(H,31,34)/t22?,23?,24?,25?,26-/m1/s1. The number of fused-ring (bicyclic) bond motifs is 3. The van der Waals surface area contributed by atoms with Crippen LogP contribution >= 0.6 is 0 Å². The summed E-state index contributed by atoms with van der Waals surface area (Å²) >= 11 is 0. The van der Waals surface area contributed by atoms with E-state index >= 15 is 0 Å². The molecule has 0 aliphatic carbocycles. The number of para-hydroxylation sites is 2. The highest BCUT2D eigenvalue weighted by Gasteiger charge is 2.42. The van der Waals surface area contributed by atoms with E-state index in [2.05, 4.69) is 70.2 Å². The minimum Gasteiger partial charge on any atom is -0.381 e. The number of hydrogen-bond acceptors (Lipinski definition) is 4. The lowest BCUT2D eigenvalue weighted by Crippen LogP contribution is -2.45. The van der Waals surface area contributed by atoms with Crippen LogP contribution in [0.4, 0.5) is 0 Å². The van der Waals surface area contributed by atoms with Crippen LogP contribution in [0.15, 0.2) is 54.6 Å². The molecule has 3 saturated heterocycles. The van der Waals surface area contributed by atoms with Gasteiger partial charge in [0.15, 0.2) is 0 Å². The number of piperidine rings is 1. The van der Waals surface area contributed by atoms with Gasteiger partial charge in [0.2, 0.25) is 5.91 Å². The average Bonchev–Trinajstić information content (AvgIpc) is 3.58. The van der Waals surface area contributed by atoms with E-state index in [1.54, 1.807) is 0 Å². The maximum atomic E-state index is 12.9. The van der Waals surface area contributed by atoms with Crippen LogP contribution in [0.3, 0.4) is 0 Å². The van der Waals surface area contributed by atoms with E-state index < -0.39 is 0 Å². The zero-order valence-corrected chi connectivity index (χ0v) is 20.6. The van der Waals surface area contributed by atoms with Crippen molar-refractivity contribution in [2.45, 2.75) is 69.6 Å². The molecule has 184 valence electrons. The van der Waals surface area contributed by atoms with Crippen LogP contribution < -0.4 is 5.32 Å². The summed E-state index contributed by atoms with van der Waals surface area (Å²) in [5, 5.41) is 3.37. The largest absolute Gasteiger partial charge is 0.381 e. The van der Waals surface area contributed by atoms with E-state index in [4.69, 9.17) is 9.72 Å². The minimum atomic E-state index is -0.0126. The van der Waals surface area contributed by atoms with Crippen molar-refractivity contribution < 1.29 is 9.53 Å². The first-order valence-electron chi connectivity index (χ1n) is 13.3. The Morgan fingerprint density at radius 3 is 2.51 bits per heavy atom. The monoisotopic (exact) mass is 472 g/mol. The molecular formula is C29H36N4O2. The van der Waals surface area contributed by atoms with Crippen LogP contribution in [0.5, 0.6) is 0 Å². The van der Waals surface area contributed by atoms with Gasteiger partial charge in [-0.1, -0.05) is 42.5 Å². The fourth-order valence-electron chi connectivity index (χ4n) is 6.76. The number of imidazole rings is 1. The third kappa shape index (κ3) is 4.50. The van der Waals surface area contributed by atoms with Gasteiger partial charge in [0.05, 0.1) is 29.6 Å². The number of aryl methyl sites for hydroxylation is 1. The Bertz CT molecular complexity index is 1160. The highest BCUT2D eigenvalue weighted by Crippen LogP contribution is 2.42. The van der Waals surface area contributed by atoms with Gasteiger partial charge in [-0.05, 0) is 63.1 Å². The zero-order chi connectivity index (χ0) is 23.8. The quantitative estimate of drug-likeness (QED) is 0.537. The molecule has 35 heavy (non-hydrogen) atoms. The third-order valence-corrected chi connectivity index (χ3v) is 8.49. The lowest BCUT2D eigenvalue weighted by Gasteiger charge is -2.40. The predicted molar refractivity (Wildman–Crippen MR) is 137 cm³/mol. The van der Waals surface area contributed by atoms with E-state index in [1.165, 1.54) is 36.8 Å². The van der Waals surface area contributed by atoms with Crippen LogP contribution in [0.25, 0.3) is 11.0 Å². The zero-order valence-electron chi connectivity index (χ0n) is 20.6. The minimum absolute atomic E-state index is 0.0126. The van der Waals surface area contributed by atoms with E-state index in [0.29, 0.717) is 31.3 Å². The number of aromatic nitrogens is 2. The van der Waals surface area contributed by atoms with Crippen LogP contribution in [0.2, 0.25) is 0 Å². The first-order chi connectivity index (χ1) is 17.2. The van der Waals surface area contributed by atoms with Crippen LogP contribution in [-0.2, 0) is 9.53 Å². The van der Waals surface area contributed by atoms with Crippen LogP contribution in [-0.4, -0.2) is 52.2 Å². The molecule has 0 spiro atoms. The van der Waals surface area contributed by atoms with Crippen molar-refractivity contribution >= 4 is 16.9 Å². The van der Waals surface area contributed by atoms with E-state index in [9.17, 15) is 4.79 Å². The Kier molecular flexibility index (Phi) is 6.33. The average molecular weight is 473 g/mol. The number of rotatable bonds is 7. The maximum absolute atomic E-state index is 12.9. The molecule has 3 unspecified atom stereocenters. The van der Waals surface area contributed by atoms with Gasteiger partial charge in [-0.2, -0.15) is 0 Å². The van der Waals surface area contributed by atoms with Gasteiger partial charge in [0.25, 0.3) is 0 Å². The summed E-state index contributed by atoms with van der Waals surface area (Å²) in [6, 6.07) is 20.8. The van der Waals surface area contributed by atoms with Crippen LogP contribution in [0, 0.1) is 12.8 Å². The Balaban J connectivity index is 1.15. The molecule has 1 amide bonds. The smallest absolute Gasteiger partial charge is 0.226 e. The summed E-state index contributed by atoms with van der Waals surface area (Å²) in [5.41, 5.74) is 3.57. The molecule has 3 fully saturated rings. The van der Waals surface area contributed by atoms with Gasteiger partial charge < -0.3 is 14.6 Å². The Labute approximate surface area is 207 Å². The summed E-state index contributed by atoms with van der Waals surface area (Å²) in [6.07, 6.45) is 6.67. The molecule has 0 saturated carbocycles. The number of ether oxygens (including phenoxy) is 1. The van der Waals surface area contributed by atoms with Crippen molar-refractivity contribution in [2.75, 3.05) is 19.8 Å².